The Morgan fingerprint density at radius 1 is 1.12 bits per heavy atom. The molecular weight excluding hydrogens is 200 g/mol. The molecule has 1 heterocycles. The van der Waals surface area contributed by atoms with Crippen molar-refractivity contribution in [3.8, 4) is 0 Å². The molecule has 3 heteroatoms. The van der Waals surface area contributed by atoms with Gasteiger partial charge >= 0.3 is 0 Å². The number of hydrogen-bond donors (Lipinski definition) is 1. The van der Waals surface area contributed by atoms with Crippen LogP contribution >= 0.6 is 0 Å². The zero-order chi connectivity index (χ0) is 11.5. The molecule has 0 aliphatic rings. The van der Waals surface area contributed by atoms with Gasteiger partial charge in [-0.25, -0.2) is 0 Å². The highest BCUT2D eigenvalue weighted by atomic mass is 16.5. The van der Waals surface area contributed by atoms with Crippen LogP contribution in [0.15, 0.2) is 28.8 Å². The van der Waals surface area contributed by atoms with E-state index in [1.54, 1.807) is 0 Å². The smallest absolute Gasteiger partial charge is 0.157 e. The van der Waals surface area contributed by atoms with Crippen molar-refractivity contribution in [3.63, 3.8) is 0 Å². The Morgan fingerprint density at radius 2 is 1.81 bits per heavy atom. The minimum Gasteiger partial charge on any atom is -0.377 e. The van der Waals surface area contributed by atoms with Gasteiger partial charge in [-0.1, -0.05) is 35.0 Å². The van der Waals surface area contributed by atoms with E-state index in [0.717, 1.165) is 23.7 Å². The molecule has 84 valence electrons. The minimum atomic E-state index is 0.795. The van der Waals surface area contributed by atoms with Crippen LogP contribution in [0.5, 0.6) is 0 Å². The zero-order valence-electron chi connectivity index (χ0n) is 9.87. The van der Waals surface area contributed by atoms with Gasteiger partial charge in [0.1, 0.15) is 11.4 Å². The summed E-state index contributed by atoms with van der Waals surface area (Å²) in [6, 6.07) is 8.48. The van der Waals surface area contributed by atoms with Crippen molar-refractivity contribution in [3.05, 3.63) is 46.8 Å². The van der Waals surface area contributed by atoms with E-state index in [2.05, 4.69) is 41.7 Å². The fraction of sp³-hybridized carbons (Fsp3) is 0.308. The van der Waals surface area contributed by atoms with Crippen LogP contribution in [0.3, 0.4) is 0 Å². The quantitative estimate of drug-likeness (QED) is 0.856. The first-order valence-electron chi connectivity index (χ1n) is 5.39. The van der Waals surface area contributed by atoms with Crippen LogP contribution in [0, 0.1) is 20.8 Å². The SMILES string of the molecule is Cc1ccc(CNc2c(C)noc2C)cc1. The molecule has 0 aliphatic carbocycles. The van der Waals surface area contributed by atoms with E-state index >= 15 is 0 Å². The lowest BCUT2D eigenvalue weighted by molar-refractivity contribution is 0.393. The molecule has 0 spiro atoms. The molecule has 0 amide bonds. The van der Waals surface area contributed by atoms with Crippen LogP contribution in [0.1, 0.15) is 22.6 Å². The second kappa shape index (κ2) is 4.39. The summed E-state index contributed by atoms with van der Waals surface area (Å²) >= 11 is 0. The Bertz CT molecular complexity index is 452. The van der Waals surface area contributed by atoms with Gasteiger partial charge in [0.2, 0.25) is 0 Å². The topological polar surface area (TPSA) is 38.1 Å². The third kappa shape index (κ3) is 2.24. The van der Waals surface area contributed by atoms with Crippen LogP contribution in [-0.4, -0.2) is 5.16 Å². The second-order valence-electron chi connectivity index (χ2n) is 4.04. The van der Waals surface area contributed by atoms with Gasteiger partial charge in [-0.15, -0.1) is 0 Å². The Kier molecular flexibility index (Phi) is 2.95. The van der Waals surface area contributed by atoms with E-state index in [1.807, 2.05) is 13.8 Å². The van der Waals surface area contributed by atoms with E-state index < -0.39 is 0 Å². The van der Waals surface area contributed by atoms with Gasteiger partial charge in [-0.05, 0) is 26.3 Å². The number of aryl methyl sites for hydroxylation is 3. The number of nitrogens with one attached hydrogen (secondary N) is 1. The summed E-state index contributed by atoms with van der Waals surface area (Å²) in [6.07, 6.45) is 0. The molecule has 0 saturated heterocycles. The number of anilines is 1. The van der Waals surface area contributed by atoms with Crippen LogP contribution in [0.2, 0.25) is 0 Å². The number of benzene rings is 1. The summed E-state index contributed by atoms with van der Waals surface area (Å²) in [4.78, 5) is 0. The third-order valence-electron chi connectivity index (χ3n) is 2.62. The Balaban J connectivity index is 2.05. The normalized spacial score (nSPS) is 10.4. The van der Waals surface area contributed by atoms with Crippen molar-refractivity contribution in [2.75, 3.05) is 5.32 Å². The molecule has 1 aromatic carbocycles. The van der Waals surface area contributed by atoms with E-state index in [1.165, 1.54) is 11.1 Å². The highest BCUT2D eigenvalue weighted by molar-refractivity contribution is 5.50. The predicted octanol–water partition coefficient (Wildman–Crippen LogP) is 3.21. The molecule has 3 nitrogen and oxygen atoms in total. The van der Waals surface area contributed by atoms with Crippen molar-refractivity contribution in [1.29, 1.82) is 0 Å². The van der Waals surface area contributed by atoms with Crippen molar-refractivity contribution in [2.45, 2.75) is 27.3 Å². The Hall–Kier alpha value is -1.77. The average molecular weight is 216 g/mol. The molecule has 0 aliphatic heterocycles. The maximum Gasteiger partial charge on any atom is 0.157 e. The summed E-state index contributed by atoms with van der Waals surface area (Å²) < 4.78 is 5.09. The average Bonchev–Trinajstić information content (AvgIpc) is 2.59. The first kappa shape index (κ1) is 10.7. The lowest BCUT2D eigenvalue weighted by atomic mass is 10.1. The molecule has 2 aromatic rings. The van der Waals surface area contributed by atoms with Crippen molar-refractivity contribution < 1.29 is 4.52 Å². The van der Waals surface area contributed by atoms with E-state index in [0.29, 0.717) is 0 Å². The summed E-state index contributed by atoms with van der Waals surface area (Å²) in [6.45, 7) is 6.74. The van der Waals surface area contributed by atoms with Gasteiger partial charge in [0.05, 0.1) is 0 Å². The lowest BCUT2D eigenvalue weighted by Crippen LogP contribution is -2.00. The predicted molar refractivity (Wildman–Crippen MR) is 64.5 cm³/mol. The van der Waals surface area contributed by atoms with Gasteiger partial charge in [-0.2, -0.15) is 0 Å². The van der Waals surface area contributed by atoms with Crippen LogP contribution < -0.4 is 5.32 Å². The van der Waals surface area contributed by atoms with Gasteiger partial charge in [0.25, 0.3) is 0 Å². The monoisotopic (exact) mass is 216 g/mol. The van der Waals surface area contributed by atoms with E-state index in [4.69, 9.17) is 4.52 Å². The van der Waals surface area contributed by atoms with Gasteiger partial charge in [-0.3, -0.25) is 0 Å². The Morgan fingerprint density at radius 3 is 2.38 bits per heavy atom. The van der Waals surface area contributed by atoms with Crippen LogP contribution in [0.25, 0.3) is 0 Å². The van der Waals surface area contributed by atoms with Crippen LogP contribution in [0.4, 0.5) is 5.69 Å². The second-order valence-corrected chi connectivity index (χ2v) is 4.04. The fourth-order valence-electron chi connectivity index (χ4n) is 1.63. The number of aromatic nitrogens is 1. The van der Waals surface area contributed by atoms with Gasteiger partial charge in [0, 0.05) is 6.54 Å². The number of rotatable bonds is 3. The third-order valence-corrected chi connectivity index (χ3v) is 2.62. The van der Waals surface area contributed by atoms with Crippen molar-refractivity contribution in [2.24, 2.45) is 0 Å². The molecule has 0 fully saturated rings. The summed E-state index contributed by atoms with van der Waals surface area (Å²) in [5, 5.41) is 7.25. The fourth-order valence-corrected chi connectivity index (χ4v) is 1.63. The molecule has 1 aromatic heterocycles. The number of hydrogen-bond acceptors (Lipinski definition) is 3. The maximum absolute atomic E-state index is 5.09. The first-order chi connectivity index (χ1) is 7.66. The molecule has 0 radical (unpaired) electrons. The van der Waals surface area contributed by atoms with Crippen molar-refractivity contribution >= 4 is 5.69 Å². The summed E-state index contributed by atoms with van der Waals surface area (Å²) in [5.41, 5.74) is 4.44. The van der Waals surface area contributed by atoms with E-state index in [9.17, 15) is 0 Å². The lowest BCUT2D eigenvalue weighted by Gasteiger charge is -2.05. The molecule has 0 unspecified atom stereocenters. The minimum absolute atomic E-state index is 0.795. The van der Waals surface area contributed by atoms with Crippen molar-refractivity contribution in [1.82, 2.24) is 5.16 Å². The van der Waals surface area contributed by atoms with Crippen LogP contribution in [-0.2, 0) is 6.54 Å². The first-order valence-corrected chi connectivity index (χ1v) is 5.39. The molecule has 16 heavy (non-hydrogen) atoms. The molecule has 1 N–H and O–H groups in total. The maximum atomic E-state index is 5.09. The highest BCUT2D eigenvalue weighted by Gasteiger charge is 2.07. The summed E-state index contributed by atoms with van der Waals surface area (Å²) in [5.74, 6) is 0.838. The standard InChI is InChI=1S/C13H16N2O/c1-9-4-6-12(7-5-9)8-14-13-10(2)15-16-11(13)3/h4-7,14H,8H2,1-3H3. The summed E-state index contributed by atoms with van der Waals surface area (Å²) in [7, 11) is 0. The zero-order valence-corrected chi connectivity index (χ0v) is 9.87. The van der Waals surface area contributed by atoms with E-state index in [-0.39, 0.29) is 0 Å². The molecular formula is C13H16N2O. The molecule has 0 saturated carbocycles. The molecule has 0 bridgehead atoms. The Labute approximate surface area is 95.5 Å². The largest absolute Gasteiger partial charge is 0.377 e. The van der Waals surface area contributed by atoms with Gasteiger partial charge in [0.15, 0.2) is 5.76 Å². The molecule has 0 atom stereocenters. The molecule has 2 rings (SSSR count). The number of nitrogens with zero attached hydrogens (tertiary/aromatic N) is 1. The van der Waals surface area contributed by atoms with Gasteiger partial charge < -0.3 is 9.84 Å². The highest BCUT2D eigenvalue weighted by Crippen LogP contribution is 2.19.